The van der Waals surface area contributed by atoms with E-state index in [0.717, 1.165) is 5.56 Å². The third kappa shape index (κ3) is 2.51. The van der Waals surface area contributed by atoms with E-state index in [1.165, 1.54) is 6.07 Å². The summed E-state index contributed by atoms with van der Waals surface area (Å²) in [5.74, 6) is 0.204. The Balaban J connectivity index is 2.43. The van der Waals surface area contributed by atoms with E-state index in [1.54, 1.807) is 44.2 Å². The van der Waals surface area contributed by atoms with Crippen LogP contribution in [-0.2, 0) is 0 Å². The van der Waals surface area contributed by atoms with E-state index in [0.29, 0.717) is 21.2 Å². The summed E-state index contributed by atoms with van der Waals surface area (Å²) in [5, 5.41) is 12.4. The Morgan fingerprint density at radius 3 is 2.61 bits per heavy atom. The average Bonchev–Trinajstić information content (AvgIpc) is 2.51. The van der Waals surface area contributed by atoms with Crippen LogP contribution in [0.4, 0.5) is 5.69 Å². The molecule has 0 saturated carbocycles. The molecule has 0 aliphatic heterocycles. The summed E-state index contributed by atoms with van der Waals surface area (Å²) in [6.45, 7) is 3.54. The van der Waals surface area contributed by atoms with Gasteiger partial charge in [0.2, 0.25) is 0 Å². The number of nitrogens with zero attached hydrogens (tertiary/aromatic N) is 1. The van der Waals surface area contributed by atoms with E-state index < -0.39 is 10.5 Å². The lowest BCUT2D eigenvalue weighted by molar-refractivity contribution is -0.384. The molecule has 3 aromatic rings. The first kappa shape index (κ1) is 15.3. The number of fused-ring (bicyclic) bond motifs is 1. The van der Waals surface area contributed by atoms with Gasteiger partial charge in [-0.3, -0.25) is 10.1 Å². The van der Waals surface area contributed by atoms with Crippen LogP contribution in [-0.4, -0.2) is 4.92 Å². The zero-order chi connectivity index (χ0) is 16.7. The van der Waals surface area contributed by atoms with Crippen LogP contribution in [0.3, 0.4) is 0 Å². The number of aryl methyl sites for hydroxylation is 2. The zero-order valence-corrected chi connectivity index (χ0v) is 13.4. The molecule has 0 spiro atoms. The minimum absolute atomic E-state index is 0.0905. The highest BCUT2D eigenvalue weighted by Crippen LogP contribution is 2.36. The van der Waals surface area contributed by atoms with Gasteiger partial charge in [0.25, 0.3) is 5.69 Å². The first-order valence-corrected chi connectivity index (χ1v) is 7.35. The standard InChI is InChI=1S/C17H13NO4S/c1-9-6-7-11(13(8-9)18(20)21)16-10(2)15-12(17(19)22-16)4-3-5-14(15)23/h3-8,23H,1-2H3. The van der Waals surface area contributed by atoms with Crippen molar-refractivity contribution in [1.29, 1.82) is 0 Å². The molecule has 1 aromatic heterocycles. The van der Waals surface area contributed by atoms with Gasteiger partial charge < -0.3 is 4.42 Å². The highest BCUT2D eigenvalue weighted by molar-refractivity contribution is 7.80. The Morgan fingerprint density at radius 2 is 1.91 bits per heavy atom. The van der Waals surface area contributed by atoms with Crippen LogP contribution in [0.5, 0.6) is 0 Å². The molecule has 0 bridgehead atoms. The van der Waals surface area contributed by atoms with Crippen molar-refractivity contribution in [3.8, 4) is 11.3 Å². The predicted octanol–water partition coefficient (Wildman–Crippen LogP) is 4.27. The molecule has 0 unspecified atom stereocenters. The molecule has 0 atom stereocenters. The Bertz CT molecular complexity index is 1010. The van der Waals surface area contributed by atoms with E-state index in [1.807, 2.05) is 0 Å². The number of hydrogen-bond acceptors (Lipinski definition) is 5. The van der Waals surface area contributed by atoms with Crippen LogP contribution in [0.1, 0.15) is 11.1 Å². The van der Waals surface area contributed by atoms with Gasteiger partial charge >= 0.3 is 5.63 Å². The predicted molar refractivity (Wildman–Crippen MR) is 91.3 cm³/mol. The molecule has 0 radical (unpaired) electrons. The molecular formula is C17H13NO4S. The lowest BCUT2D eigenvalue weighted by atomic mass is 10.0. The maximum atomic E-state index is 12.3. The second-order valence-corrected chi connectivity index (χ2v) is 5.80. The van der Waals surface area contributed by atoms with Gasteiger partial charge in [-0.1, -0.05) is 12.1 Å². The van der Waals surface area contributed by atoms with Gasteiger partial charge in [-0.2, -0.15) is 0 Å². The molecule has 0 amide bonds. The summed E-state index contributed by atoms with van der Waals surface area (Å²) in [6.07, 6.45) is 0. The van der Waals surface area contributed by atoms with E-state index in [2.05, 4.69) is 12.6 Å². The van der Waals surface area contributed by atoms with E-state index in [-0.39, 0.29) is 17.0 Å². The Labute approximate surface area is 137 Å². The molecule has 2 aromatic carbocycles. The van der Waals surface area contributed by atoms with Crippen LogP contribution in [0, 0.1) is 24.0 Å². The molecule has 0 aliphatic rings. The first-order valence-electron chi connectivity index (χ1n) is 6.91. The van der Waals surface area contributed by atoms with Crippen molar-refractivity contribution in [1.82, 2.24) is 0 Å². The molecule has 0 aliphatic carbocycles. The molecule has 0 N–H and O–H groups in total. The number of thiol groups is 1. The van der Waals surface area contributed by atoms with Crippen LogP contribution in [0.2, 0.25) is 0 Å². The molecule has 6 heteroatoms. The minimum Gasteiger partial charge on any atom is -0.422 e. The number of nitro groups is 1. The smallest absolute Gasteiger partial charge is 0.344 e. The van der Waals surface area contributed by atoms with E-state index in [9.17, 15) is 14.9 Å². The molecule has 23 heavy (non-hydrogen) atoms. The van der Waals surface area contributed by atoms with Gasteiger partial charge in [0.15, 0.2) is 0 Å². The Kier molecular flexibility index (Phi) is 3.69. The molecular weight excluding hydrogens is 314 g/mol. The summed E-state index contributed by atoms with van der Waals surface area (Å²) < 4.78 is 5.40. The van der Waals surface area contributed by atoms with Gasteiger partial charge in [0, 0.05) is 21.9 Å². The Hall–Kier alpha value is -2.60. The quantitative estimate of drug-likeness (QED) is 0.433. The second-order valence-electron chi connectivity index (χ2n) is 5.32. The summed E-state index contributed by atoms with van der Waals surface area (Å²) >= 11 is 4.40. The van der Waals surface area contributed by atoms with Gasteiger partial charge in [-0.25, -0.2) is 4.79 Å². The van der Waals surface area contributed by atoms with Crippen LogP contribution in [0.15, 0.2) is 50.5 Å². The fraction of sp³-hybridized carbons (Fsp3) is 0.118. The fourth-order valence-electron chi connectivity index (χ4n) is 2.68. The topological polar surface area (TPSA) is 73.3 Å². The highest BCUT2D eigenvalue weighted by Gasteiger charge is 2.22. The van der Waals surface area contributed by atoms with Crippen LogP contribution in [0.25, 0.3) is 22.1 Å². The van der Waals surface area contributed by atoms with Crippen LogP contribution >= 0.6 is 12.6 Å². The van der Waals surface area contributed by atoms with Crippen molar-refractivity contribution in [3.63, 3.8) is 0 Å². The maximum Gasteiger partial charge on any atom is 0.344 e. The monoisotopic (exact) mass is 327 g/mol. The second kappa shape index (κ2) is 5.55. The van der Waals surface area contributed by atoms with Crippen molar-refractivity contribution >= 4 is 29.1 Å². The SMILES string of the molecule is Cc1ccc(-c2oc(=O)c3cccc(S)c3c2C)c([N+](=O)[O-])c1. The molecule has 0 saturated heterocycles. The summed E-state index contributed by atoms with van der Waals surface area (Å²) in [4.78, 5) is 23.8. The normalized spacial score (nSPS) is 10.9. The zero-order valence-electron chi connectivity index (χ0n) is 12.5. The summed E-state index contributed by atoms with van der Waals surface area (Å²) in [7, 11) is 0. The van der Waals surface area contributed by atoms with Gasteiger partial charge in [0.1, 0.15) is 5.76 Å². The molecule has 1 heterocycles. The fourth-order valence-corrected chi connectivity index (χ4v) is 3.06. The Morgan fingerprint density at radius 1 is 1.17 bits per heavy atom. The molecule has 5 nitrogen and oxygen atoms in total. The van der Waals surface area contributed by atoms with Gasteiger partial charge in [0.05, 0.1) is 15.9 Å². The van der Waals surface area contributed by atoms with E-state index >= 15 is 0 Å². The lowest BCUT2D eigenvalue weighted by Gasteiger charge is -2.10. The van der Waals surface area contributed by atoms with Gasteiger partial charge in [-0.05, 0) is 37.6 Å². The average molecular weight is 327 g/mol. The summed E-state index contributed by atoms with van der Waals surface area (Å²) in [5.41, 5.74) is 1.07. The number of nitro benzene ring substituents is 1. The largest absolute Gasteiger partial charge is 0.422 e. The number of hydrogen-bond donors (Lipinski definition) is 1. The highest BCUT2D eigenvalue weighted by atomic mass is 32.1. The number of benzene rings is 2. The minimum atomic E-state index is -0.536. The van der Waals surface area contributed by atoms with Crippen molar-refractivity contribution in [2.24, 2.45) is 0 Å². The van der Waals surface area contributed by atoms with Crippen LogP contribution < -0.4 is 5.63 Å². The van der Waals surface area contributed by atoms with Crippen molar-refractivity contribution in [2.45, 2.75) is 18.7 Å². The maximum absolute atomic E-state index is 12.3. The first-order chi connectivity index (χ1) is 10.9. The van der Waals surface area contributed by atoms with Crippen molar-refractivity contribution in [2.75, 3.05) is 0 Å². The summed E-state index contributed by atoms with van der Waals surface area (Å²) in [6, 6.07) is 9.96. The molecule has 116 valence electrons. The van der Waals surface area contributed by atoms with Crippen molar-refractivity contribution < 1.29 is 9.34 Å². The molecule has 3 rings (SSSR count). The third-order valence-corrected chi connectivity index (χ3v) is 4.14. The molecule has 0 fully saturated rings. The number of rotatable bonds is 2. The third-order valence-electron chi connectivity index (χ3n) is 3.77. The van der Waals surface area contributed by atoms with Gasteiger partial charge in [-0.15, -0.1) is 12.6 Å². The lowest BCUT2D eigenvalue weighted by Crippen LogP contribution is -2.04. The van der Waals surface area contributed by atoms with E-state index in [4.69, 9.17) is 4.42 Å². The van der Waals surface area contributed by atoms with Crippen molar-refractivity contribution in [3.05, 3.63) is 68.1 Å².